The van der Waals surface area contributed by atoms with Crippen LogP contribution in [0.25, 0.3) is 0 Å². The zero-order valence-corrected chi connectivity index (χ0v) is 23.0. The Bertz CT molecular complexity index is 1180. The van der Waals surface area contributed by atoms with Crippen molar-refractivity contribution in [2.75, 3.05) is 32.0 Å². The first-order chi connectivity index (χ1) is 18.0. The van der Waals surface area contributed by atoms with Crippen molar-refractivity contribution in [2.24, 2.45) is 10.6 Å². The van der Waals surface area contributed by atoms with Crippen LogP contribution in [0.1, 0.15) is 39.3 Å². The molecule has 3 atom stereocenters. The number of anilines is 1. The summed E-state index contributed by atoms with van der Waals surface area (Å²) in [5.41, 5.74) is 5.67. The first-order valence-corrected chi connectivity index (χ1v) is 13.7. The number of hydrogen-bond acceptors (Lipinski definition) is 13. The lowest BCUT2D eigenvalue weighted by atomic mass is 9.98. The second kappa shape index (κ2) is 11.3. The summed E-state index contributed by atoms with van der Waals surface area (Å²) < 4.78 is 16.1. The lowest BCUT2D eigenvalue weighted by Crippen LogP contribution is -2.71. The molecule has 4 heterocycles. The third-order valence-electron chi connectivity index (χ3n) is 5.95. The summed E-state index contributed by atoms with van der Waals surface area (Å²) in [5, 5.41) is 7.63. The van der Waals surface area contributed by atoms with Crippen LogP contribution in [0.4, 0.5) is 5.13 Å². The molecular formula is C23H29N5O8S2. The maximum Gasteiger partial charge on any atom is 0.358 e. The first kappa shape index (κ1) is 27.9. The number of rotatable bonds is 8. The molecule has 3 aliphatic rings. The van der Waals surface area contributed by atoms with E-state index in [1.54, 1.807) is 26.2 Å². The third kappa shape index (κ3) is 5.63. The molecule has 0 aliphatic carbocycles. The molecule has 0 bridgehead atoms. The molecule has 3 N–H and O–H groups in total. The van der Waals surface area contributed by atoms with E-state index in [1.165, 1.54) is 23.8 Å². The molecule has 2 amide bonds. The molecule has 0 saturated carbocycles. The van der Waals surface area contributed by atoms with E-state index in [0.29, 0.717) is 24.4 Å². The van der Waals surface area contributed by atoms with Crippen molar-refractivity contribution in [2.45, 2.75) is 51.1 Å². The molecule has 2 fully saturated rings. The highest BCUT2D eigenvalue weighted by Gasteiger charge is 2.55. The van der Waals surface area contributed by atoms with E-state index in [4.69, 9.17) is 24.8 Å². The standard InChI is InChI=1S/C23H29N5O8S2/c1-23(2,3)21(32)36-10-35-20(31)16-11(13-6-5-7-34-13)8-37-19-15(18(30)28(16)19)26-17(29)14(27-33-4)12-9-38-22(24)25-12/h9,13,15,19H,5-8,10H2,1-4H3,(H2,24,25)(H,26,29)/t13?,15-,19-/m1/s1. The van der Waals surface area contributed by atoms with Crippen LogP contribution in [0.2, 0.25) is 0 Å². The molecular weight excluding hydrogens is 538 g/mol. The minimum atomic E-state index is -0.932. The van der Waals surface area contributed by atoms with Gasteiger partial charge in [0, 0.05) is 17.7 Å². The van der Waals surface area contributed by atoms with Gasteiger partial charge in [0.15, 0.2) is 10.8 Å². The molecule has 3 aliphatic heterocycles. The second-order valence-electron chi connectivity index (χ2n) is 9.66. The van der Waals surface area contributed by atoms with Gasteiger partial charge in [0.25, 0.3) is 11.8 Å². The fourth-order valence-electron chi connectivity index (χ4n) is 4.05. The zero-order valence-electron chi connectivity index (χ0n) is 21.3. The molecule has 1 aromatic rings. The molecule has 15 heteroatoms. The second-order valence-corrected chi connectivity index (χ2v) is 11.7. The van der Waals surface area contributed by atoms with E-state index in [1.807, 2.05) is 0 Å². The van der Waals surface area contributed by atoms with E-state index in [2.05, 4.69) is 15.5 Å². The monoisotopic (exact) mass is 567 g/mol. The normalized spacial score (nSPS) is 23.5. The topological polar surface area (TPSA) is 172 Å². The van der Waals surface area contributed by atoms with Crippen LogP contribution < -0.4 is 11.1 Å². The Labute approximate surface area is 227 Å². The summed E-state index contributed by atoms with van der Waals surface area (Å²) in [5.74, 6) is -2.13. The van der Waals surface area contributed by atoms with Gasteiger partial charge in [-0.3, -0.25) is 19.3 Å². The lowest BCUT2D eigenvalue weighted by Gasteiger charge is -2.50. The maximum absolute atomic E-state index is 13.3. The number of fused-ring (bicyclic) bond motifs is 1. The number of nitrogens with zero attached hydrogens (tertiary/aromatic N) is 3. The van der Waals surface area contributed by atoms with Crippen LogP contribution in [0.5, 0.6) is 0 Å². The van der Waals surface area contributed by atoms with Gasteiger partial charge in [-0.1, -0.05) is 5.16 Å². The van der Waals surface area contributed by atoms with Crippen molar-refractivity contribution in [3.8, 4) is 0 Å². The number of thiazole rings is 1. The van der Waals surface area contributed by atoms with Gasteiger partial charge in [0.05, 0.1) is 11.5 Å². The maximum atomic E-state index is 13.3. The molecule has 0 radical (unpaired) electrons. The Morgan fingerprint density at radius 3 is 2.68 bits per heavy atom. The van der Waals surface area contributed by atoms with Gasteiger partial charge >= 0.3 is 11.9 Å². The quantitative estimate of drug-likeness (QED) is 0.151. The van der Waals surface area contributed by atoms with Crippen LogP contribution in [0, 0.1) is 5.41 Å². The van der Waals surface area contributed by atoms with Gasteiger partial charge in [-0.2, -0.15) is 0 Å². The number of carbonyl (C=O) groups excluding carboxylic acids is 4. The number of β-lactam (4-membered cyclic amide) rings is 1. The van der Waals surface area contributed by atoms with Gasteiger partial charge in [0.1, 0.15) is 29.9 Å². The molecule has 2 saturated heterocycles. The van der Waals surface area contributed by atoms with Crippen LogP contribution >= 0.6 is 23.1 Å². The zero-order chi connectivity index (χ0) is 27.6. The number of carbonyl (C=O) groups is 4. The number of nitrogens with two attached hydrogens (primary N) is 1. The lowest BCUT2D eigenvalue weighted by molar-refractivity contribution is -0.173. The number of amides is 2. The van der Waals surface area contributed by atoms with Gasteiger partial charge in [-0.25, -0.2) is 9.78 Å². The van der Waals surface area contributed by atoms with E-state index >= 15 is 0 Å². The molecule has 4 rings (SSSR count). The molecule has 206 valence electrons. The van der Waals surface area contributed by atoms with Crippen LogP contribution in [0.15, 0.2) is 21.8 Å². The van der Waals surface area contributed by atoms with Crippen molar-refractivity contribution in [3.05, 3.63) is 22.3 Å². The average Bonchev–Trinajstić information content (AvgIpc) is 3.56. The van der Waals surface area contributed by atoms with E-state index in [-0.39, 0.29) is 28.3 Å². The molecule has 13 nitrogen and oxygen atoms in total. The Kier molecular flexibility index (Phi) is 8.28. The van der Waals surface area contributed by atoms with E-state index < -0.39 is 47.4 Å². The Balaban J connectivity index is 1.50. The highest BCUT2D eigenvalue weighted by Crippen LogP contribution is 2.43. The summed E-state index contributed by atoms with van der Waals surface area (Å²) in [6.07, 6.45) is 1.19. The summed E-state index contributed by atoms with van der Waals surface area (Å²) in [7, 11) is 1.28. The van der Waals surface area contributed by atoms with Crippen molar-refractivity contribution in [1.82, 2.24) is 15.2 Å². The third-order valence-corrected chi connectivity index (χ3v) is 7.93. The van der Waals surface area contributed by atoms with Gasteiger partial charge in [0.2, 0.25) is 6.79 Å². The van der Waals surface area contributed by atoms with Crippen LogP contribution in [-0.2, 0) is 38.2 Å². The highest BCUT2D eigenvalue weighted by molar-refractivity contribution is 8.00. The number of aromatic nitrogens is 1. The van der Waals surface area contributed by atoms with Crippen molar-refractivity contribution in [1.29, 1.82) is 0 Å². The summed E-state index contributed by atoms with van der Waals surface area (Å²) >= 11 is 2.52. The minimum absolute atomic E-state index is 0.0565. The summed E-state index contributed by atoms with van der Waals surface area (Å²) in [6, 6.07) is -0.932. The van der Waals surface area contributed by atoms with Crippen molar-refractivity contribution in [3.63, 3.8) is 0 Å². The van der Waals surface area contributed by atoms with E-state index in [9.17, 15) is 19.2 Å². The van der Waals surface area contributed by atoms with Crippen molar-refractivity contribution < 1.29 is 38.2 Å². The number of thioether (sulfide) groups is 1. The van der Waals surface area contributed by atoms with E-state index in [0.717, 1.165) is 17.8 Å². The summed E-state index contributed by atoms with van der Waals surface area (Å²) in [4.78, 5) is 61.6. The fourth-order valence-corrected chi connectivity index (χ4v) is 6.01. The molecule has 38 heavy (non-hydrogen) atoms. The largest absolute Gasteiger partial charge is 0.427 e. The first-order valence-electron chi connectivity index (χ1n) is 11.8. The molecule has 1 unspecified atom stereocenters. The fraction of sp³-hybridized carbons (Fsp3) is 0.565. The highest BCUT2D eigenvalue weighted by atomic mass is 32.2. The number of nitrogens with one attached hydrogen (secondary N) is 1. The SMILES string of the molecule is CON=C(C(=O)N[C@@H]1C(=O)N2C(C(=O)OCOC(=O)C(C)(C)C)=C(C3CCCO3)CS[C@H]12)c1csc(N)n1. The Morgan fingerprint density at radius 2 is 2.08 bits per heavy atom. The summed E-state index contributed by atoms with van der Waals surface area (Å²) in [6.45, 7) is 4.99. The van der Waals surface area contributed by atoms with Gasteiger partial charge in [-0.05, 0) is 39.2 Å². The van der Waals surface area contributed by atoms with Crippen LogP contribution in [-0.4, -0.2) is 83.1 Å². The molecule has 0 spiro atoms. The number of oxime groups is 1. The Morgan fingerprint density at radius 1 is 1.32 bits per heavy atom. The number of esters is 2. The van der Waals surface area contributed by atoms with Crippen molar-refractivity contribution >= 4 is 57.7 Å². The van der Waals surface area contributed by atoms with Gasteiger partial charge in [-0.15, -0.1) is 23.1 Å². The van der Waals surface area contributed by atoms with Crippen LogP contribution in [0.3, 0.4) is 0 Å². The average molecular weight is 568 g/mol. The predicted molar refractivity (Wildman–Crippen MR) is 138 cm³/mol. The molecule has 0 aromatic carbocycles. The van der Waals surface area contributed by atoms with Gasteiger partial charge < -0.3 is 30.1 Å². The minimum Gasteiger partial charge on any atom is -0.427 e. The molecule has 1 aromatic heterocycles. The smallest absolute Gasteiger partial charge is 0.358 e. The number of nitrogen functional groups attached to an aromatic ring is 1. The Hall–Kier alpha value is -3.17. The number of hydrogen-bond donors (Lipinski definition) is 2. The number of ether oxygens (including phenoxy) is 3. The predicted octanol–water partition coefficient (Wildman–Crippen LogP) is 0.999.